The summed E-state index contributed by atoms with van der Waals surface area (Å²) >= 11 is 0. The van der Waals surface area contributed by atoms with Crippen LogP contribution >= 0.6 is 0 Å². The lowest BCUT2D eigenvalue weighted by Gasteiger charge is -2.21. The molecule has 3 N–H and O–H groups in total. The van der Waals surface area contributed by atoms with E-state index in [1.54, 1.807) is 18.2 Å². The van der Waals surface area contributed by atoms with Crippen LogP contribution in [0.2, 0.25) is 0 Å². The maximum atomic E-state index is 12.1. The summed E-state index contributed by atoms with van der Waals surface area (Å²) in [4.78, 5) is 23.0. The second kappa shape index (κ2) is 6.05. The summed E-state index contributed by atoms with van der Waals surface area (Å²) in [6.45, 7) is 4.09. The SMILES string of the molecule is CC1(C(=O)NCCc2cccc(C(=O)O)c2)CCNC1. The van der Waals surface area contributed by atoms with Crippen molar-refractivity contribution in [1.29, 1.82) is 0 Å². The zero-order chi connectivity index (χ0) is 14.6. The Hall–Kier alpha value is -1.88. The van der Waals surface area contributed by atoms with Crippen molar-refractivity contribution in [1.82, 2.24) is 10.6 Å². The van der Waals surface area contributed by atoms with E-state index in [1.165, 1.54) is 0 Å². The third-order valence-corrected chi connectivity index (χ3v) is 3.79. The Morgan fingerprint density at radius 1 is 1.45 bits per heavy atom. The summed E-state index contributed by atoms with van der Waals surface area (Å²) in [5, 5.41) is 15.1. The minimum Gasteiger partial charge on any atom is -0.478 e. The van der Waals surface area contributed by atoms with Gasteiger partial charge in [-0.3, -0.25) is 4.79 Å². The molecule has 0 bridgehead atoms. The fourth-order valence-electron chi connectivity index (χ4n) is 2.40. The number of aromatic carboxylic acids is 1. The number of benzene rings is 1. The molecule has 1 amide bonds. The largest absolute Gasteiger partial charge is 0.478 e. The molecule has 108 valence electrons. The zero-order valence-electron chi connectivity index (χ0n) is 11.6. The van der Waals surface area contributed by atoms with Gasteiger partial charge >= 0.3 is 5.97 Å². The van der Waals surface area contributed by atoms with E-state index in [-0.39, 0.29) is 16.9 Å². The van der Waals surface area contributed by atoms with Crippen molar-refractivity contribution >= 4 is 11.9 Å². The fraction of sp³-hybridized carbons (Fsp3) is 0.467. The predicted octanol–water partition coefficient (Wildman–Crippen LogP) is 1.04. The number of nitrogens with one attached hydrogen (secondary N) is 2. The van der Waals surface area contributed by atoms with Crippen LogP contribution in [0.25, 0.3) is 0 Å². The van der Waals surface area contributed by atoms with Crippen molar-refractivity contribution in [2.75, 3.05) is 19.6 Å². The van der Waals surface area contributed by atoms with Gasteiger partial charge in [0.1, 0.15) is 0 Å². The van der Waals surface area contributed by atoms with Crippen LogP contribution in [0.15, 0.2) is 24.3 Å². The maximum absolute atomic E-state index is 12.1. The van der Waals surface area contributed by atoms with Gasteiger partial charge in [-0.1, -0.05) is 12.1 Å². The zero-order valence-corrected chi connectivity index (χ0v) is 11.6. The number of carboxylic acids is 1. The van der Waals surface area contributed by atoms with Crippen molar-refractivity contribution < 1.29 is 14.7 Å². The Labute approximate surface area is 118 Å². The minimum atomic E-state index is -0.930. The molecule has 20 heavy (non-hydrogen) atoms. The van der Waals surface area contributed by atoms with Crippen LogP contribution in [-0.4, -0.2) is 36.6 Å². The van der Waals surface area contributed by atoms with Gasteiger partial charge in [-0.05, 0) is 44.0 Å². The second-order valence-corrected chi connectivity index (χ2v) is 5.50. The molecule has 0 saturated carbocycles. The van der Waals surface area contributed by atoms with E-state index in [9.17, 15) is 9.59 Å². The van der Waals surface area contributed by atoms with Crippen LogP contribution in [0, 0.1) is 5.41 Å². The van der Waals surface area contributed by atoms with Gasteiger partial charge in [-0.15, -0.1) is 0 Å². The average molecular weight is 276 g/mol. The highest BCUT2D eigenvalue weighted by atomic mass is 16.4. The third kappa shape index (κ3) is 3.36. The molecule has 0 radical (unpaired) electrons. The first-order valence-corrected chi connectivity index (χ1v) is 6.82. The van der Waals surface area contributed by atoms with Gasteiger partial charge in [-0.2, -0.15) is 0 Å². The van der Waals surface area contributed by atoms with Crippen molar-refractivity contribution in [3.63, 3.8) is 0 Å². The van der Waals surface area contributed by atoms with E-state index in [0.29, 0.717) is 19.5 Å². The van der Waals surface area contributed by atoms with Crippen molar-refractivity contribution in [2.45, 2.75) is 19.8 Å². The molecule has 1 aromatic rings. The molecule has 0 spiro atoms. The summed E-state index contributed by atoms with van der Waals surface area (Å²) in [5.41, 5.74) is 0.879. The van der Waals surface area contributed by atoms with Crippen molar-refractivity contribution in [3.05, 3.63) is 35.4 Å². The van der Waals surface area contributed by atoms with Crippen LogP contribution in [0.1, 0.15) is 29.3 Å². The predicted molar refractivity (Wildman–Crippen MR) is 75.7 cm³/mol. The second-order valence-electron chi connectivity index (χ2n) is 5.50. The highest BCUT2D eigenvalue weighted by Crippen LogP contribution is 2.24. The van der Waals surface area contributed by atoms with E-state index < -0.39 is 5.97 Å². The molecule has 0 aliphatic carbocycles. The highest BCUT2D eigenvalue weighted by molar-refractivity contribution is 5.87. The summed E-state index contributed by atoms with van der Waals surface area (Å²) in [6, 6.07) is 6.81. The Morgan fingerprint density at radius 2 is 2.25 bits per heavy atom. The van der Waals surface area contributed by atoms with Crippen molar-refractivity contribution in [3.8, 4) is 0 Å². The number of amides is 1. The quantitative estimate of drug-likeness (QED) is 0.751. The van der Waals surface area contributed by atoms with E-state index in [1.807, 2.05) is 13.0 Å². The first-order chi connectivity index (χ1) is 9.51. The molecule has 1 atom stereocenters. The molecule has 1 fully saturated rings. The number of carbonyl (C=O) groups excluding carboxylic acids is 1. The number of carbonyl (C=O) groups is 2. The lowest BCUT2D eigenvalue weighted by atomic mass is 9.89. The van der Waals surface area contributed by atoms with Gasteiger partial charge in [0, 0.05) is 13.1 Å². The molecule has 1 aliphatic heterocycles. The van der Waals surface area contributed by atoms with E-state index in [2.05, 4.69) is 10.6 Å². The van der Waals surface area contributed by atoms with Crippen LogP contribution < -0.4 is 10.6 Å². The van der Waals surface area contributed by atoms with Crippen LogP contribution in [0.4, 0.5) is 0 Å². The molecule has 1 heterocycles. The van der Waals surface area contributed by atoms with Crippen LogP contribution in [-0.2, 0) is 11.2 Å². The van der Waals surface area contributed by atoms with Gasteiger partial charge in [0.05, 0.1) is 11.0 Å². The minimum absolute atomic E-state index is 0.0666. The topological polar surface area (TPSA) is 78.4 Å². The summed E-state index contributed by atoms with van der Waals surface area (Å²) in [5.74, 6) is -0.864. The molecular formula is C15H20N2O3. The Balaban J connectivity index is 1.85. The van der Waals surface area contributed by atoms with Crippen LogP contribution in [0.3, 0.4) is 0 Å². The number of hydrogen-bond acceptors (Lipinski definition) is 3. The molecule has 5 nitrogen and oxygen atoms in total. The maximum Gasteiger partial charge on any atom is 0.335 e. The lowest BCUT2D eigenvalue weighted by Crippen LogP contribution is -2.41. The molecule has 1 aliphatic rings. The summed E-state index contributed by atoms with van der Waals surface area (Å²) in [6.07, 6.45) is 1.49. The monoisotopic (exact) mass is 276 g/mol. The smallest absolute Gasteiger partial charge is 0.335 e. The Kier molecular flexibility index (Phi) is 4.39. The number of carboxylic acid groups (broad SMARTS) is 1. The molecule has 0 aromatic heterocycles. The normalized spacial score (nSPS) is 21.6. The highest BCUT2D eigenvalue weighted by Gasteiger charge is 2.35. The molecule has 1 unspecified atom stereocenters. The standard InChI is InChI=1S/C15H20N2O3/c1-15(6-8-16-10-15)14(20)17-7-5-11-3-2-4-12(9-11)13(18)19/h2-4,9,16H,5-8,10H2,1H3,(H,17,20)(H,18,19). The summed E-state index contributed by atoms with van der Waals surface area (Å²) in [7, 11) is 0. The van der Waals surface area contributed by atoms with Gasteiger partial charge in [0.15, 0.2) is 0 Å². The third-order valence-electron chi connectivity index (χ3n) is 3.79. The summed E-state index contributed by atoms with van der Waals surface area (Å²) < 4.78 is 0. The molecule has 1 aromatic carbocycles. The van der Waals surface area contributed by atoms with E-state index in [4.69, 9.17) is 5.11 Å². The first-order valence-electron chi connectivity index (χ1n) is 6.82. The van der Waals surface area contributed by atoms with Gasteiger partial charge < -0.3 is 15.7 Å². The van der Waals surface area contributed by atoms with E-state index >= 15 is 0 Å². The Bertz CT molecular complexity index is 508. The van der Waals surface area contributed by atoms with Gasteiger partial charge in [0.25, 0.3) is 0 Å². The van der Waals surface area contributed by atoms with Crippen molar-refractivity contribution in [2.24, 2.45) is 5.41 Å². The Morgan fingerprint density at radius 3 is 2.90 bits per heavy atom. The number of hydrogen-bond donors (Lipinski definition) is 3. The van der Waals surface area contributed by atoms with E-state index in [0.717, 1.165) is 18.5 Å². The fourth-order valence-corrected chi connectivity index (χ4v) is 2.40. The van der Waals surface area contributed by atoms with Gasteiger partial charge in [0.2, 0.25) is 5.91 Å². The average Bonchev–Trinajstić information content (AvgIpc) is 2.87. The van der Waals surface area contributed by atoms with Gasteiger partial charge in [-0.25, -0.2) is 4.79 Å². The molecule has 1 saturated heterocycles. The lowest BCUT2D eigenvalue weighted by molar-refractivity contribution is -0.129. The number of rotatable bonds is 5. The molecule has 5 heteroatoms. The first kappa shape index (κ1) is 14.5. The van der Waals surface area contributed by atoms with Crippen LogP contribution in [0.5, 0.6) is 0 Å². The molecular weight excluding hydrogens is 256 g/mol. The molecule has 2 rings (SSSR count).